The average molecular weight is 458 g/mol. The van der Waals surface area contributed by atoms with Gasteiger partial charge in [0.25, 0.3) is 11.6 Å². The smallest absolute Gasteiger partial charge is 0.324 e. The Morgan fingerprint density at radius 1 is 1.00 bits per heavy atom. The van der Waals surface area contributed by atoms with Crippen LogP contribution in [0.1, 0.15) is 22.7 Å². The summed E-state index contributed by atoms with van der Waals surface area (Å²) in [6, 6.07) is 20.9. The van der Waals surface area contributed by atoms with Crippen LogP contribution in [0.4, 0.5) is 16.2 Å². The Labute approximate surface area is 195 Å². The van der Waals surface area contributed by atoms with Crippen molar-refractivity contribution in [3.63, 3.8) is 0 Å². The van der Waals surface area contributed by atoms with E-state index in [1.807, 2.05) is 36.4 Å². The van der Waals surface area contributed by atoms with Gasteiger partial charge in [0.15, 0.2) is 0 Å². The van der Waals surface area contributed by atoms with Crippen molar-refractivity contribution in [2.75, 3.05) is 11.9 Å². The molecule has 34 heavy (non-hydrogen) atoms. The summed E-state index contributed by atoms with van der Waals surface area (Å²) in [4.78, 5) is 52.2. The predicted octanol–water partition coefficient (Wildman–Crippen LogP) is 4.05. The molecular formula is C25H22N4O5. The molecule has 9 nitrogen and oxygen atoms in total. The van der Waals surface area contributed by atoms with Crippen LogP contribution in [0.2, 0.25) is 0 Å². The van der Waals surface area contributed by atoms with E-state index in [-0.39, 0.29) is 17.9 Å². The highest BCUT2D eigenvalue weighted by molar-refractivity contribution is 6.08. The van der Waals surface area contributed by atoms with Crippen molar-refractivity contribution in [3.8, 4) is 0 Å². The lowest BCUT2D eigenvalue weighted by atomic mass is 10.1. The molecular weight excluding hydrogens is 436 g/mol. The first-order chi connectivity index (χ1) is 16.3. The third kappa shape index (κ3) is 4.63. The maximum Gasteiger partial charge on any atom is 0.328 e. The fourth-order valence-electron chi connectivity index (χ4n) is 3.87. The topological polar surface area (TPSA) is 113 Å². The van der Waals surface area contributed by atoms with Gasteiger partial charge in [-0.25, -0.2) is 4.79 Å². The van der Waals surface area contributed by atoms with Crippen molar-refractivity contribution < 1.29 is 19.3 Å². The Balaban J connectivity index is 1.57. The van der Waals surface area contributed by atoms with Gasteiger partial charge in [0.1, 0.15) is 12.6 Å². The first-order valence-corrected chi connectivity index (χ1v) is 10.6. The molecule has 1 atom stereocenters. The number of urea groups is 1. The van der Waals surface area contributed by atoms with Crippen LogP contribution >= 0.6 is 0 Å². The average Bonchev–Trinajstić information content (AvgIpc) is 3.05. The van der Waals surface area contributed by atoms with Crippen LogP contribution in [0.3, 0.4) is 0 Å². The molecule has 0 saturated carbocycles. The molecule has 1 heterocycles. The molecule has 3 aromatic rings. The summed E-state index contributed by atoms with van der Waals surface area (Å²) < 4.78 is 0. The number of amides is 4. The van der Waals surface area contributed by atoms with Gasteiger partial charge in [-0.1, -0.05) is 66.7 Å². The van der Waals surface area contributed by atoms with Gasteiger partial charge in [0.2, 0.25) is 5.91 Å². The summed E-state index contributed by atoms with van der Waals surface area (Å²) in [5.74, 6) is -1.13. The molecule has 0 bridgehead atoms. The SMILES string of the molecule is Cc1ccc([N+](=O)[O-])cc1NC(=O)CN1C(=O)C(c2ccccc2)N(Cc2ccccc2)C1=O. The molecule has 4 rings (SSSR count). The van der Waals surface area contributed by atoms with Gasteiger partial charge in [-0.3, -0.25) is 24.6 Å². The Morgan fingerprint density at radius 3 is 2.29 bits per heavy atom. The van der Waals surface area contributed by atoms with E-state index in [1.54, 1.807) is 31.2 Å². The van der Waals surface area contributed by atoms with Crippen LogP contribution < -0.4 is 5.32 Å². The zero-order valence-electron chi connectivity index (χ0n) is 18.4. The predicted molar refractivity (Wildman–Crippen MR) is 125 cm³/mol. The summed E-state index contributed by atoms with van der Waals surface area (Å²) >= 11 is 0. The van der Waals surface area contributed by atoms with E-state index in [2.05, 4.69) is 5.32 Å². The van der Waals surface area contributed by atoms with Crippen LogP contribution in [-0.2, 0) is 16.1 Å². The molecule has 172 valence electrons. The Morgan fingerprint density at radius 2 is 1.65 bits per heavy atom. The largest absolute Gasteiger partial charge is 0.328 e. The number of carbonyl (C=O) groups is 3. The zero-order valence-corrected chi connectivity index (χ0v) is 18.4. The molecule has 1 aliphatic heterocycles. The van der Waals surface area contributed by atoms with Crippen LogP contribution in [0.15, 0.2) is 78.9 Å². The molecule has 0 spiro atoms. The lowest BCUT2D eigenvalue weighted by molar-refractivity contribution is -0.384. The Bertz CT molecular complexity index is 1250. The summed E-state index contributed by atoms with van der Waals surface area (Å²) in [6.45, 7) is 1.39. The Kier molecular flexibility index (Phi) is 6.35. The van der Waals surface area contributed by atoms with Gasteiger partial charge in [0, 0.05) is 18.7 Å². The minimum absolute atomic E-state index is 0.174. The highest BCUT2D eigenvalue weighted by Crippen LogP contribution is 2.32. The van der Waals surface area contributed by atoms with Gasteiger partial charge in [0.05, 0.1) is 10.6 Å². The first kappa shape index (κ1) is 22.7. The van der Waals surface area contributed by atoms with Gasteiger partial charge in [-0.15, -0.1) is 0 Å². The number of non-ortho nitro benzene ring substituents is 1. The van der Waals surface area contributed by atoms with Gasteiger partial charge < -0.3 is 10.2 Å². The fraction of sp³-hybridized carbons (Fsp3) is 0.160. The van der Waals surface area contributed by atoms with Crippen LogP contribution in [0.25, 0.3) is 0 Å². The van der Waals surface area contributed by atoms with E-state index in [4.69, 9.17) is 0 Å². The van der Waals surface area contributed by atoms with E-state index in [0.717, 1.165) is 10.5 Å². The summed E-state index contributed by atoms with van der Waals surface area (Å²) in [5, 5.41) is 13.6. The number of aryl methyl sites for hydroxylation is 1. The highest BCUT2D eigenvalue weighted by atomic mass is 16.6. The van der Waals surface area contributed by atoms with Crippen molar-refractivity contribution in [1.29, 1.82) is 0 Å². The minimum Gasteiger partial charge on any atom is -0.324 e. The number of carbonyl (C=O) groups excluding carboxylic acids is 3. The zero-order chi connectivity index (χ0) is 24.2. The molecule has 0 aliphatic carbocycles. The van der Waals surface area contributed by atoms with Gasteiger partial charge in [-0.2, -0.15) is 0 Å². The lowest BCUT2D eigenvalue weighted by Gasteiger charge is -2.22. The van der Waals surface area contributed by atoms with Crippen molar-refractivity contribution in [3.05, 3.63) is 106 Å². The molecule has 1 saturated heterocycles. The lowest BCUT2D eigenvalue weighted by Crippen LogP contribution is -2.39. The molecule has 1 unspecified atom stereocenters. The molecule has 1 N–H and O–H groups in total. The second kappa shape index (κ2) is 9.53. The molecule has 4 amide bonds. The van der Waals surface area contributed by atoms with Gasteiger partial charge >= 0.3 is 6.03 Å². The number of nitro benzene ring substituents is 1. The van der Waals surface area contributed by atoms with Crippen molar-refractivity contribution in [2.24, 2.45) is 0 Å². The van der Waals surface area contributed by atoms with E-state index < -0.39 is 35.4 Å². The highest BCUT2D eigenvalue weighted by Gasteiger charge is 2.46. The van der Waals surface area contributed by atoms with E-state index in [0.29, 0.717) is 11.1 Å². The third-order valence-electron chi connectivity index (χ3n) is 5.61. The van der Waals surface area contributed by atoms with Crippen molar-refractivity contribution in [1.82, 2.24) is 9.80 Å². The van der Waals surface area contributed by atoms with Crippen LogP contribution in [0.5, 0.6) is 0 Å². The first-order valence-electron chi connectivity index (χ1n) is 10.6. The molecule has 0 radical (unpaired) electrons. The maximum atomic E-state index is 13.3. The van der Waals surface area contributed by atoms with E-state index in [1.165, 1.54) is 23.1 Å². The number of hydrogen-bond donors (Lipinski definition) is 1. The number of nitrogens with one attached hydrogen (secondary N) is 1. The number of anilines is 1. The second-order valence-electron chi connectivity index (χ2n) is 7.94. The normalized spacial score (nSPS) is 15.5. The second-order valence-corrected chi connectivity index (χ2v) is 7.94. The van der Waals surface area contributed by atoms with E-state index in [9.17, 15) is 24.5 Å². The van der Waals surface area contributed by atoms with E-state index >= 15 is 0 Å². The van der Waals surface area contributed by atoms with Gasteiger partial charge in [-0.05, 0) is 23.6 Å². The monoisotopic (exact) mass is 458 g/mol. The fourth-order valence-corrected chi connectivity index (χ4v) is 3.87. The summed E-state index contributed by atoms with van der Waals surface area (Å²) in [7, 11) is 0. The standard InChI is InChI=1S/C25H22N4O5/c1-17-12-13-20(29(33)34)14-21(17)26-22(30)16-28-24(31)23(19-10-6-3-7-11-19)27(25(28)32)15-18-8-4-2-5-9-18/h2-14,23H,15-16H2,1H3,(H,26,30). The summed E-state index contributed by atoms with van der Waals surface area (Å²) in [5.41, 5.74) is 2.19. The maximum absolute atomic E-state index is 13.3. The molecule has 1 aliphatic rings. The number of benzene rings is 3. The number of imide groups is 1. The van der Waals surface area contributed by atoms with Crippen LogP contribution in [-0.4, -0.2) is 39.1 Å². The number of nitro groups is 1. The number of hydrogen-bond acceptors (Lipinski definition) is 5. The number of nitrogens with zero attached hydrogens (tertiary/aromatic N) is 3. The Hall–Kier alpha value is -4.53. The molecule has 0 aromatic heterocycles. The van der Waals surface area contributed by atoms with Crippen molar-refractivity contribution >= 4 is 29.2 Å². The van der Waals surface area contributed by atoms with Crippen LogP contribution in [0, 0.1) is 17.0 Å². The quantitative estimate of drug-likeness (QED) is 0.326. The molecule has 3 aromatic carbocycles. The molecule has 9 heteroatoms. The molecule has 1 fully saturated rings. The third-order valence-corrected chi connectivity index (χ3v) is 5.61. The van der Waals surface area contributed by atoms with Crippen molar-refractivity contribution in [2.45, 2.75) is 19.5 Å². The number of rotatable bonds is 7. The summed E-state index contributed by atoms with van der Waals surface area (Å²) in [6.07, 6.45) is 0. The minimum atomic E-state index is -0.860.